The third-order valence-corrected chi connectivity index (χ3v) is 2.79. The zero-order chi connectivity index (χ0) is 12.1. The maximum absolute atomic E-state index is 5.78. The standard InChI is InChI=1S/C13H16O.C2H6/c1-4-10(3)13-8-11-7-9(2)5-6-12(11)14-13;1-2/h5-8,10H,4H2,1-3H3;1-2H3. The van der Waals surface area contributed by atoms with Crippen molar-refractivity contribution < 1.29 is 4.42 Å². The van der Waals surface area contributed by atoms with Crippen molar-refractivity contribution in [1.29, 1.82) is 0 Å². The summed E-state index contributed by atoms with van der Waals surface area (Å²) in [6.45, 7) is 10.5. The predicted molar refractivity (Wildman–Crippen MR) is 71.0 cm³/mol. The minimum Gasteiger partial charge on any atom is -0.461 e. The summed E-state index contributed by atoms with van der Waals surface area (Å²) in [5, 5.41) is 1.22. The Kier molecular flexibility index (Phi) is 4.60. The lowest BCUT2D eigenvalue weighted by molar-refractivity contribution is 0.499. The molecule has 1 heteroatoms. The summed E-state index contributed by atoms with van der Waals surface area (Å²) >= 11 is 0. The Bertz CT molecular complexity index is 440. The largest absolute Gasteiger partial charge is 0.461 e. The highest BCUT2D eigenvalue weighted by Gasteiger charge is 2.09. The molecule has 0 amide bonds. The lowest BCUT2D eigenvalue weighted by Gasteiger charge is -2.01. The van der Waals surface area contributed by atoms with Crippen LogP contribution in [0.1, 0.15) is 51.4 Å². The molecule has 16 heavy (non-hydrogen) atoms. The fourth-order valence-electron chi connectivity index (χ4n) is 1.63. The van der Waals surface area contributed by atoms with Gasteiger partial charge in [0.2, 0.25) is 0 Å². The van der Waals surface area contributed by atoms with Crippen LogP contribution in [0, 0.1) is 6.92 Å². The zero-order valence-corrected chi connectivity index (χ0v) is 11.0. The third-order valence-electron chi connectivity index (χ3n) is 2.79. The lowest BCUT2D eigenvalue weighted by atomic mass is 10.1. The Morgan fingerprint density at radius 1 is 1.19 bits per heavy atom. The van der Waals surface area contributed by atoms with Gasteiger partial charge in [-0.05, 0) is 31.5 Å². The van der Waals surface area contributed by atoms with E-state index in [-0.39, 0.29) is 0 Å². The van der Waals surface area contributed by atoms with Crippen molar-refractivity contribution in [3.8, 4) is 0 Å². The van der Waals surface area contributed by atoms with Crippen LogP contribution in [0.3, 0.4) is 0 Å². The number of rotatable bonds is 2. The third kappa shape index (κ3) is 2.66. The minimum atomic E-state index is 0.516. The molecular formula is C15H22O. The highest BCUT2D eigenvalue weighted by molar-refractivity contribution is 5.78. The summed E-state index contributed by atoms with van der Waals surface area (Å²) in [5.74, 6) is 1.62. The lowest BCUT2D eigenvalue weighted by Crippen LogP contribution is -1.86. The van der Waals surface area contributed by atoms with E-state index in [0.29, 0.717) is 5.92 Å². The fourth-order valence-corrected chi connectivity index (χ4v) is 1.63. The van der Waals surface area contributed by atoms with E-state index in [2.05, 4.69) is 45.0 Å². The summed E-state index contributed by atoms with van der Waals surface area (Å²) in [6, 6.07) is 8.48. The zero-order valence-electron chi connectivity index (χ0n) is 11.0. The first kappa shape index (κ1) is 12.8. The van der Waals surface area contributed by atoms with E-state index >= 15 is 0 Å². The van der Waals surface area contributed by atoms with Crippen LogP contribution in [0.15, 0.2) is 28.7 Å². The fraction of sp³-hybridized carbons (Fsp3) is 0.467. The van der Waals surface area contributed by atoms with Gasteiger partial charge in [-0.3, -0.25) is 0 Å². The van der Waals surface area contributed by atoms with Crippen LogP contribution in [0.2, 0.25) is 0 Å². The van der Waals surface area contributed by atoms with E-state index in [0.717, 1.165) is 17.8 Å². The van der Waals surface area contributed by atoms with Gasteiger partial charge in [0.05, 0.1) is 0 Å². The maximum Gasteiger partial charge on any atom is 0.134 e. The van der Waals surface area contributed by atoms with E-state index < -0.39 is 0 Å². The van der Waals surface area contributed by atoms with Gasteiger partial charge in [-0.25, -0.2) is 0 Å². The Morgan fingerprint density at radius 2 is 1.88 bits per heavy atom. The Morgan fingerprint density at radius 3 is 2.50 bits per heavy atom. The number of hydrogen-bond donors (Lipinski definition) is 0. The van der Waals surface area contributed by atoms with Gasteiger partial charge in [0.15, 0.2) is 0 Å². The molecule has 0 aliphatic rings. The first-order chi connectivity index (χ1) is 7.70. The van der Waals surface area contributed by atoms with E-state index in [9.17, 15) is 0 Å². The molecule has 0 bridgehead atoms. The van der Waals surface area contributed by atoms with Gasteiger partial charge in [-0.15, -0.1) is 0 Å². The molecule has 1 nitrogen and oxygen atoms in total. The average molecular weight is 218 g/mol. The first-order valence-electron chi connectivity index (χ1n) is 6.21. The van der Waals surface area contributed by atoms with Crippen LogP contribution in [-0.2, 0) is 0 Å². The summed E-state index contributed by atoms with van der Waals surface area (Å²) < 4.78 is 5.78. The molecule has 1 unspecified atom stereocenters. The number of fused-ring (bicyclic) bond motifs is 1. The SMILES string of the molecule is CC.CCC(C)c1cc2cc(C)ccc2o1. The van der Waals surface area contributed by atoms with Crippen LogP contribution in [0.25, 0.3) is 11.0 Å². The highest BCUT2D eigenvalue weighted by Crippen LogP contribution is 2.27. The molecule has 88 valence electrons. The molecule has 0 fully saturated rings. The molecule has 1 aromatic heterocycles. The van der Waals surface area contributed by atoms with Gasteiger partial charge >= 0.3 is 0 Å². The quantitative estimate of drug-likeness (QED) is 0.668. The van der Waals surface area contributed by atoms with Crippen molar-refractivity contribution in [2.24, 2.45) is 0 Å². The Balaban J connectivity index is 0.000000606. The van der Waals surface area contributed by atoms with Crippen molar-refractivity contribution in [3.05, 3.63) is 35.6 Å². The van der Waals surface area contributed by atoms with Crippen molar-refractivity contribution in [3.63, 3.8) is 0 Å². The van der Waals surface area contributed by atoms with Gasteiger partial charge in [0.1, 0.15) is 11.3 Å². The summed E-state index contributed by atoms with van der Waals surface area (Å²) in [5.41, 5.74) is 2.29. The molecule has 1 atom stereocenters. The maximum atomic E-state index is 5.78. The molecule has 0 radical (unpaired) electrons. The molecule has 0 saturated carbocycles. The van der Waals surface area contributed by atoms with Crippen LogP contribution in [0.4, 0.5) is 0 Å². The van der Waals surface area contributed by atoms with E-state index in [1.807, 2.05) is 13.8 Å². The van der Waals surface area contributed by atoms with Crippen LogP contribution < -0.4 is 0 Å². The molecule has 0 spiro atoms. The van der Waals surface area contributed by atoms with Gasteiger partial charge in [-0.1, -0.05) is 39.3 Å². The van der Waals surface area contributed by atoms with Crippen LogP contribution in [0.5, 0.6) is 0 Å². The number of furan rings is 1. The molecule has 0 saturated heterocycles. The second-order valence-corrected chi connectivity index (χ2v) is 4.00. The number of benzene rings is 1. The van der Waals surface area contributed by atoms with E-state index in [1.54, 1.807) is 0 Å². The van der Waals surface area contributed by atoms with Gasteiger partial charge < -0.3 is 4.42 Å². The second kappa shape index (κ2) is 5.74. The molecule has 0 aliphatic heterocycles. The van der Waals surface area contributed by atoms with Gasteiger partial charge in [0.25, 0.3) is 0 Å². The average Bonchev–Trinajstić information content (AvgIpc) is 2.73. The molecule has 0 aliphatic carbocycles. The van der Waals surface area contributed by atoms with E-state index in [1.165, 1.54) is 10.9 Å². The summed E-state index contributed by atoms with van der Waals surface area (Å²) in [7, 11) is 0. The highest BCUT2D eigenvalue weighted by atomic mass is 16.3. The first-order valence-corrected chi connectivity index (χ1v) is 6.21. The second-order valence-electron chi connectivity index (χ2n) is 4.00. The number of hydrogen-bond acceptors (Lipinski definition) is 1. The Hall–Kier alpha value is -1.24. The molecule has 0 N–H and O–H groups in total. The number of aryl methyl sites for hydroxylation is 1. The smallest absolute Gasteiger partial charge is 0.134 e. The van der Waals surface area contributed by atoms with Crippen molar-refractivity contribution in [2.75, 3.05) is 0 Å². The van der Waals surface area contributed by atoms with Crippen molar-refractivity contribution >= 4 is 11.0 Å². The topological polar surface area (TPSA) is 13.1 Å². The summed E-state index contributed by atoms with van der Waals surface area (Å²) in [4.78, 5) is 0. The van der Waals surface area contributed by atoms with Crippen LogP contribution >= 0.6 is 0 Å². The van der Waals surface area contributed by atoms with E-state index in [4.69, 9.17) is 4.42 Å². The summed E-state index contributed by atoms with van der Waals surface area (Å²) in [6.07, 6.45) is 1.12. The monoisotopic (exact) mass is 218 g/mol. The van der Waals surface area contributed by atoms with Gasteiger partial charge in [-0.2, -0.15) is 0 Å². The molecule has 1 heterocycles. The molecule has 1 aromatic carbocycles. The molecule has 2 rings (SSSR count). The van der Waals surface area contributed by atoms with Crippen molar-refractivity contribution in [1.82, 2.24) is 0 Å². The molecular weight excluding hydrogens is 196 g/mol. The van der Waals surface area contributed by atoms with Crippen LogP contribution in [-0.4, -0.2) is 0 Å². The normalized spacial score (nSPS) is 12.1. The Labute approximate surface area is 98.5 Å². The predicted octanol–water partition coefficient (Wildman–Crippen LogP) is 5.28. The van der Waals surface area contributed by atoms with Crippen molar-refractivity contribution in [2.45, 2.75) is 47.0 Å². The minimum absolute atomic E-state index is 0.516. The molecule has 2 aromatic rings. The van der Waals surface area contributed by atoms with Gasteiger partial charge in [0, 0.05) is 11.3 Å².